The molecule has 1 fully saturated rings. The molecule has 0 amide bonds. The molecule has 0 heterocycles. The minimum Gasteiger partial charge on any atom is -0.497 e. The van der Waals surface area contributed by atoms with Gasteiger partial charge in [-0.2, -0.15) is 0 Å². The highest BCUT2D eigenvalue weighted by atomic mass is 16.5. The van der Waals surface area contributed by atoms with E-state index >= 15 is 0 Å². The molecule has 2 aromatic carbocycles. The molecule has 23 heavy (non-hydrogen) atoms. The van der Waals surface area contributed by atoms with Crippen LogP contribution in [0, 0.1) is 0 Å². The fourth-order valence-corrected chi connectivity index (χ4v) is 2.50. The van der Waals surface area contributed by atoms with E-state index in [0.717, 1.165) is 33.8 Å². The summed E-state index contributed by atoms with van der Waals surface area (Å²) in [6.45, 7) is 0. The number of allylic oxidation sites excluding steroid dienone is 2. The van der Waals surface area contributed by atoms with Crippen LogP contribution in [-0.2, 0) is 4.79 Å². The van der Waals surface area contributed by atoms with Crippen LogP contribution in [0.15, 0.2) is 59.7 Å². The lowest BCUT2D eigenvalue weighted by Crippen LogP contribution is -2.18. The van der Waals surface area contributed by atoms with Gasteiger partial charge < -0.3 is 9.47 Å². The Balaban J connectivity index is 1.71. The first-order valence-corrected chi connectivity index (χ1v) is 7.43. The van der Waals surface area contributed by atoms with Crippen molar-refractivity contribution < 1.29 is 14.3 Å². The van der Waals surface area contributed by atoms with Gasteiger partial charge in [0.2, 0.25) is 0 Å². The van der Waals surface area contributed by atoms with E-state index in [1.165, 1.54) is 0 Å². The van der Waals surface area contributed by atoms with E-state index in [0.29, 0.717) is 6.42 Å². The Morgan fingerprint density at radius 1 is 0.739 bits per heavy atom. The molecule has 3 rings (SSSR count). The van der Waals surface area contributed by atoms with Crippen molar-refractivity contribution in [2.24, 2.45) is 0 Å². The van der Waals surface area contributed by atoms with E-state index in [9.17, 15) is 4.79 Å². The van der Waals surface area contributed by atoms with Crippen molar-refractivity contribution in [3.05, 3.63) is 70.8 Å². The Labute approximate surface area is 135 Å². The van der Waals surface area contributed by atoms with Crippen molar-refractivity contribution in [3.63, 3.8) is 0 Å². The summed E-state index contributed by atoms with van der Waals surface area (Å²) in [7, 11) is 3.28. The van der Waals surface area contributed by atoms with Crippen LogP contribution in [0.2, 0.25) is 0 Å². The molecule has 0 atom stereocenters. The zero-order valence-electron chi connectivity index (χ0n) is 13.2. The van der Waals surface area contributed by atoms with E-state index < -0.39 is 0 Å². The number of benzene rings is 2. The van der Waals surface area contributed by atoms with Crippen molar-refractivity contribution in [1.82, 2.24) is 0 Å². The fraction of sp³-hybridized carbons (Fsp3) is 0.150. The standard InChI is InChI=1S/C20H18O3/c1-22-18-7-3-14(4-8-18)11-16-13-17(20(16)21)12-15-5-9-19(23-2)10-6-15/h3-12H,13H2,1-2H3/b16-11+,17-12+. The largest absolute Gasteiger partial charge is 0.497 e. The number of carbonyl (C=O) groups is 1. The molecule has 2 aromatic rings. The minimum absolute atomic E-state index is 0.122. The second-order valence-corrected chi connectivity index (χ2v) is 5.39. The summed E-state index contributed by atoms with van der Waals surface area (Å²) in [4.78, 5) is 12.2. The maximum atomic E-state index is 12.2. The SMILES string of the molecule is COc1ccc(/C=C2\C/C(=C\c3ccc(OC)cc3)C2=O)cc1. The van der Waals surface area contributed by atoms with E-state index in [1.54, 1.807) is 14.2 Å². The first-order chi connectivity index (χ1) is 11.2. The van der Waals surface area contributed by atoms with Crippen LogP contribution in [-0.4, -0.2) is 20.0 Å². The lowest BCUT2D eigenvalue weighted by Gasteiger charge is -2.20. The van der Waals surface area contributed by atoms with Gasteiger partial charge in [0.1, 0.15) is 11.5 Å². The van der Waals surface area contributed by atoms with Crippen LogP contribution in [0.25, 0.3) is 12.2 Å². The zero-order chi connectivity index (χ0) is 16.2. The Bertz CT molecular complexity index is 700. The Hall–Kier alpha value is -2.81. The molecule has 0 bridgehead atoms. The topological polar surface area (TPSA) is 35.5 Å². The Kier molecular flexibility index (Phi) is 4.29. The van der Waals surface area contributed by atoms with Gasteiger partial charge in [0, 0.05) is 17.6 Å². The van der Waals surface area contributed by atoms with E-state index in [2.05, 4.69) is 0 Å². The minimum atomic E-state index is 0.122. The number of methoxy groups -OCH3 is 2. The molecule has 1 aliphatic carbocycles. The summed E-state index contributed by atoms with van der Waals surface area (Å²) < 4.78 is 10.3. The summed E-state index contributed by atoms with van der Waals surface area (Å²) in [5.41, 5.74) is 3.71. The highest BCUT2D eigenvalue weighted by molar-refractivity contribution is 6.20. The normalized spacial score (nSPS) is 17.2. The summed E-state index contributed by atoms with van der Waals surface area (Å²) in [6.07, 6.45) is 4.58. The van der Waals surface area contributed by atoms with Gasteiger partial charge in [-0.1, -0.05) is 24.3 Å². The molecule has 3 nitrogen and oxygen atoms in total. The Morgan fingerprint density at radius 3 is 1.43 bits per heavy atom. The van der Waals surface area contributed by atoms with Gasteiger partial charge in [-0.15, -0.1) is 0 Å². The third-order valence-electron chi connectivity index (χ3n) is 3.88. The number of ether oxygens (including phenoxy) is 2. The molecule has 1 aliphatic rings. The number of Topliss-reactive ketones (excluding diaryl/α,β-unsaturated/α-hetero) is 1. The van der Waals surface area contributed by atoms with Crippen LogP contribution in [0.4, 0.5) is 0 Å². The highest BCUT2D eigenvalue weighted by Crippen LogP contribution is 2.32. The molecule has 0 unspecified atom stereocenters. The van der Waals surface area contributed by atoms with Crippen LogP contribution < -0.4 is 9.47 Å². The summed E-state index contributed by atoms with van der Waals surface area (Å²) >= 11 is 0. The van der Waals surface area contributed by atoms with Crippen molar-refractivity contribution in [2.45, 2.75) is 6.42 Å². The molecule has 0 saturated heterocycles. The average Bonchev–Trinajstić information content (AvgIpc) is 2.61. The predicted octanol–water partition coefficient (Wildman–Crippen LogP) is 4.14. The van der Waals surface area contributed by atoms with Gasteiger partial charge in [0.25, 0.3) is 0 Å². The molecule has 0 radical (unpaired) electrons. The maximum absolute atomic E-state index is 12.2. The predicted molar refractivity (Wildman–Crippen MR) is 91.6 cm³/mol. The fourth-order valence-electron chi connectivity index (χ4n) is 2.50. The van der Waals surface area contributed by atoms with Gasteiger partial charge in [0.05, 0.1) is 14.2 Å². The molecule has 116 valence electrons. The summed E-state index contributed by atoms with van der Waals surface area (Å²) in [6, 6.07) is 15.4. The second kappa shape index (κ2) is 6.53. The molecule has 1 saturated carbocycles. The molecular formula is C20H18O3. The molecule has 0 spiro atoms. The van der Waals surface area contributed by atoms with Gasteiger partial charge in [-0.3, -0.25) is 4.79 Å². The van der Waals surface area contributed by atoms with Crippen LogP contribution in [0.5, 0.6) is 11.5 Å². The van der Waals surface area contributed by atoms with Crippen LogP contribution in [0.3, 0.4) is 0 Å². The summed E-state index contributed by atoms with van der Waals surface area (Å²) in [5, 5.41) is 0. The number of hydrogen-bond acceptors (Lipinski definition) is 3. The van der Waals surface area contributed by atoms with Crippen molar-refractivity contribution in [2.75, 3.05) is 14.2 Å². The quantitative estimate of drug-likeness (QED) is 0.796. The summed E-state index contributed by atoms with van der Waals surface area (Å²) in [5.74, 6) is 1.75. The molecule has 0 aromatic heterocycles. The van der Waals surface area contributed by atoms with Gasteiger partial charge in [-0.25, -0.2) is 0 Å². The monoisotopic (exact) mass is 306 g/mol. The lowest BCUT2D eigenvalue weighted by molar-refractivity contribution is -0.114. The molecule has 0 aliphatic heterocycles. The highest BCUT2D eigenvalue weighted by Gasteiger charge is 2.26. The van der Waals surface area contributed by atoms with E-state index in [1.807, 2.05) is 60.7 Å². The van der Waals surface area contributed by atoms with Crippen LogP contribution in [0.1, 0.15) is 17.5 Å². The van der Waals surface area contributed by atoms with Gasteiger partial charge >= 0.3 is 0 Å². The lowest BCUT2D eigenvalue weighted by atomic mass is 9.82. The smallest absolute Gasteiger partial charge is 0.185 e. The van der Waals surface area contributed by atoms with Crippen molar-refractivity contribution >= 4 is 17.9 Å². The third kappa shape index (κ3) is 3.34. The van der Waals surface area contributed by atoms with Gasteiger partial charge in [-0.05, 0) is 47.5 Å². The number of ketones is 1. The molecule has 0 N–H and O–H groups in total. The molecular weight excluding hydrogens is 288 g/mol. The second-order valence-electron chi connectivity index (χ2n) is 5.39. The number of rotatable bonds is 4. The average molecular weight is 306 g/mol. The van der Waals surface area contributed by atoms with E-state index in [-0.39, 0.29) is 5.78 Å². The van der Waals surface area contributed by atoms with Gasteiger partial charge in [0.15, 0.2) is 5.78 Å². The zero-order valence-corrected chi connectivity index (χ0v) is 13.2. The number of carbonyl (C=O) groups excluding carboxylic acids is 1. The van der Waals surface area contributed by atoms with E-state index in [4.69, 9.17) is 9.47 Å². The molecule has 3 heteroatoms. The van der Waals surface area contributed by atoms with Crippen LogP contribution >= 0.6 is 0 Å². The first kappa shape index (κ1) is 15.1. The third-order valence-corrected chi connectivity index (χ3v) is 3.88. The Morgan fingerprint density at radius 2 is 1.13 bits per heavy atom. The first-order valence-electron chi connectivity index (χ1n) is 7.43. The maximum Gasteiger partial charge on any atom is 0.185 e. The van der Waals surface area contributed by atoms with Crippen molar-refractivity contribution in [1.29, 1.82) is 0 Å². The van der Waals surface area contributed by atoms with Crippen molar-refractivity contribution in [3.8, 4) is 11.5 Å². The number of hydrogen-bond donors (Lipinski definition) is 0.